The maximum Gasteiger partial charge on any atom is 0.0978 e. The van der Waals surface area contributed by atoms with Gasteiger partial charge in [-0.3, -0.25) is 0 Å². The Kier molecular flexibility index (Phi) is 3.73. The maximum atomic E-state index is 9.36. The number of rotatable bonds is 3. The van der Waals surface area contributed by atoms with Gasteiger partial charge in [-0.15, -0.1) is 0 Å². The largest absolute Gasteiger partial charge is 0.393 e. The average Bonchev–Trinajstić information content (AvgIpc) is 1.87. The van der Waals surface area contributed by atoms with Crippen molar-refractivity contribution in [2.45, 2.75) is 40.2 Å². The summed E-state index contributed by atoms with van der Waals surface area (Å²) >= 11 is 0. The van der Waals surface area contributed by atoms with Crippen LogP contribution in [0.1, 0.15) is 34.6 Å². The molecule has 0 aromatic carbocycles. The van der Waals surface area contributed by atoms with E-state index in [1.165, 1.54) is 0 Å². The summed E-state index contributed by atoms with van der Waals surface area (Å²) in [6, 6.07) is 0. The molecule has 0 radical (unpaired) electrons. The van der Waals surface area contributed by atoms with Crippen molar-refractivity contribution in [3.05, 3.63) is 0 Å². The molecule has 0 heterocycles. The van der Waals surface area contributed by atoms with Crippen LogP contribution in [0.25, 0.3) is 0 Å². The molecule has 0 spiro atoms. The lowest BCUT2D eigenvalue weighted by atomic mass is 9.70. The molecule has 0 bridgehead atoms. The van der Waals surface area contributed by atoms with Crippen molar-refractivity contribution in [2.75, 3.05) is 13.7 Å². The molecular weight excluding hydrogens is 152 g/mol. The highest BCUT2D eigenvalue weighted by atomic mass is 16.5. The Morgan fingerprint density at radius 3 is 1.67 bits per heavy atom. The average molecular weight is 174 g/mol. The summed E-state index contributed by atoms with van der Waals surface area (Å²) in [5, 5.41) is 9.36. The number of hydrogen-bond donors (Lipinski definition) is 1. The number of methoxy groups -OCH3 is 1. The van der Waals surface area contributed by atoms with Gasteiger partial charge in [0.2, 0.25) is 0 Å². The smallest absolute Gasteiger partial charge is 0.0978 e. The molecule has 2 heteroatoms. The molecule has 0 aromatic heterocycles. The van der Waals surface area contributed by atoms with Crippen molar-refractivity contribution in [1.82, 2.24) is 0 Å². The topological polar surface area (TPSA) is 29.5 Å². The zero-order valence-corrected chi connectivity index (χ0v) is 9.14. The van der Waals surface area contributed by atoms with Gasteiger partial charge in [-0.05, 0) is 11.3 Å². The Morgan fingerprint density at radius 2 is 1.67 bits per heavy atom. The lowest BCUT2D eigenvalue weighted by molar-refractivity contribution is -0.151. The third-order valence-corrected chi connectivity index (χ3v) is 2.80. The zero-order valence-electron chi connectivity index (χ0n) is 9.14. The molecule has 1 atom stereocenters. The van der Waals surface area contributed by atoms with E-state index in [4.69, 9.17) is 4.74 Å². The van der Waals surface area contributed by atoms with Gasteiger partial charge in [-0.25, -0.2) is 0 Å². The first-order valence-electron chi connectivity index (χ1n) is 4.48. The SMILES string of the molecule is CO[C@@](CO)(C(C)C)C(C)(C)C. The number of aliphatic hydroxyl groups excluding tert-OH is 1. The van der Waals surface area contributed by atoms with Crippen LogP contribution in [0.3, 0.4) is 0 Å². The van der Waals surface area contributed by atoms with Gasteiger partial charge in [0, 0.05) is 7.11 Å². The van der Waals surface area contributed by atoms with Crippen molar-refractivity contribution in [3.8, 4) is 0 Å². The molecule has 2 nitrogen and oxygen atoms in total. The Labute approximate surface area is 75.9 Å². The molecule has 0 aliphatic rings. The Hall–Kier alpha value is -0.0800. The van der Waals surface area contributed by atoms with E-state index in [0.29, 0.717) is 5.92 Å². The second-order valence-corrected chi connectivity index (χ2v) is 4.66. The quantitative estimate of drug-likeness (QED) is 0.709. The van der Waals surface area contributed by atoms with Crippen LogP contribution in [0.4, 0.5) is 0 Å². The van der Waals surface area contributed by atoms with Gasteiger partial charge in [0.15, 0.2) is 0 Å². The Balaban J connectivity index is 4.83. The molecule has 0 fully saturated rings. The van der Waals surface area contributed by atoms with E-state index in [1.807, 2.05) is 0 Å². The molecule has 0 saturated carbocycles. The second kappa shape index (κ2) is 3.75. The minimum atomic E-state index is -0.424. The molecule has 12 heavy (non-hydrogen) atoms. The van der Waals surface area contributed by atoms with E-state index in [1.54, 1.807) is 7.11 Å². The standard InChI is InChI=1S/C10H22O2/c1-8(2)10(7-11,12-6)9(3,4)5/h8,11H,7H2,1-6H3/t10-/m0/s1. The van der Waals surface area contributed by atoms with Crippen molar-refractivity contribution < 1.29 is 9.84 Å². The summed E-state index contributed by atoms with van der Waals surface area (Å²) in [5.41, 5.74) is -0.461. The van der Waals surface area contributed by atoms with Gasteiger partial charge in [-0.2, -0.15) is 0 Å². The van der Waals surface area contributed by atoms with Crippen molar-refractivity contribution in [3.63, 3.8) is 0 Å². The lowest BCUT2D eigenvalue weighted by Gasteiger charge is -2.45. The molecule has 0 unspecified atom stereocenters. The van der Waals surface area contributed by atoms with Crippen LogP contribution in [-0.4, -0.2) is 24.4 Å². The molecule has 0 aliphatic heterocycles. The first kappa shape index (κ1) is 11.9. The van der Waals surface area contributed by atoms with E-state index in [0.717, 1.165) is 0 Å². The third kappa shape index (κ3) is 1.80. The van der Waals surface area contributed by atoms with Crippen molar-refractivity contribution in [1.29, 1.82) is 0 Å². The van der Waals surface area contributed by atoms with Crippen LogP contribution in [0, 0.1) is 11.3 Å². The predicted molar refractivity (Wildman–Crippen MR) is 51.1 cm³/mol. The minimum Gasteiger partial charge on any atom is -0.393 e. The molecule has 0 aromatic rings. The van der Waals surface area contributed by atoms with Gasteiger partial charge >= 0.3 is 0 Å². The van der Waals surface area contributed by atoms with Gasteiger partial charge in [0.25, 0.3) is 0 Å². The fourth-order valence-electron chi connectivity index (χ4n) is 1.89. The van der Waals surface area contributed by atoms with Crippen LogP contribution in [0.15, 0.2) is 0 Å². The van der Waals surface area contributed by atoms with Crippen molar-refractivity contribution in [2.24, 2.45) is 11.3 Å². The molecule has 0 aliphatic carbocycles. The van der Waals surface area contributed by atoms with E-state index in [9.17, 15) is 5.11 Å². The highest BCUT2D eigenvalue weighted by Crippen LogP contribution is 2.38. The van der Waals surface area contributed by atoms with E-state index in [-0.39, 0.29) is 12.0 Å². The van der Waals surface area contributed by atoms with Gasteiger partial charge in [-0.1, -0.05) is 34.6 Å². The van der Waals surface area contributed by atoms with Crippen LogP contribution in [0.5, 0.6) is 0 Å². The normalized spacial score (nSPS) is 18.0. The third-order valence-electron chi connectivity index (χ3n) is 2.80. The van der Waals surface area contributed by atoms with Crippen LogP contribution >= 0.6 is 0 Å². The minimum absolute atomic E-state index is 0.0370. The van der Waals surface area contributed by atoms with Gasteiger partial charge in [0.1, 0.15) is 0 Å². The van der Waals surface area contributed by atoms with Crippen LogP contribution < -0.4 is 0 Å². The van der Waals surface area contributed by atoms with E-state index >= 15 is 0 Å². The maximum absolute atomic E-state index is 9.36. The summed E-state index contributed by atoms with van der Waals surface area (Å²) in [4.78, 5) is 0. The van der Waals surface area contributed by atoms with E-state index < -0.39 is 5.60 Å². The van der Waals surface area contributed by atoms with Crippen LogP contribution in [0.2, 0.25) is 0 Å². The Bertz CT molecular complexity index is 129. The fraction of sp³-hybridized carbons (Fsp3) is 1.00. The number of aliphatic hydroxyl groups is 1. The Morgan fingerprint density at radius 1 is 1.25 bits per heavy atom. The van der Waals surface area contributed by atoms with Crippen LogP contribution in [-0.2, 0) is 4.74 Å². The molecule has 0 saturated heterocycles. The molecule has 1 N–H and O–H groups in total. The summed E-state index contributed by atoms with van der Waals surface area (Å²) in [6.07, 6.45) is 0. The predicted octanol–water partition coefficient (Wildman–Crippen LogP) is 2.07. The molecular formula is C10H22O2. The summed E-state index contributed by atoms with van der Waals surface area (Å²) < 4.78 is 5.46. The van der Waals surface area contributed by atoms with Crippen molar-refractivity contribution >= 4 is 0 Å². The molecule has 74 valence electrons. The summed E-state index contributed by atoms with van der Waals surface area (Å²) in [7, 11) is 1.67. The van der Waals surface area contributed by atoms with E-state index in [2.05, 4.69) is 34.6 Å². The molecule has 0 rings (SSSR count). The molecule has 0 amide bonds. The number of hydrogen-bond acceptors (Lipinski definition) is 2. The lowest BCUT2D eigenvalue weighted by Crippen LogP contribution is -2.52. The highest BCUT2D eigenvalue weighted by molar-refractivity contribution is 4.94. The fourth-order valence-corrected chi connectivity index (χ4v) is 1.89. The first-order valence-corrected chi connectivity index (χ1v) is 4.48. The summed E-state index contributed by atoms with van der Waals surface area (Å²) in [6.45, 7) is 10.5. The number of ether oxygens (including phenoxy) is 1. The zero-order chi connectivity index (χ0) is 9.99. The summed E-state index contributed by atoms with van der Waals surface area (Å²) in [5.74, 6) is 0.312. The first-order chi connectivity index (χ1) is 5.31. The monoisotopic (exact) mass is 174 g/mol. The second-order valence-electron chi connectivity index (χ2n) is 4.66. The van der Waals surface area contributed by atoms with Gasteiger partial charge in [0.05, 0.1) is 12.2 Å². The highest BCUT2D eigenvalue weighted by Gasteiger charge is 2.44. The van der Waals surface area contributed by atoms with Gasteiger partial charge < -0.3 is 9.84 Å².